The first kappa shape index (κ1) is 14.9. The lowest BCUT2D eigenvalue weighted by Gasteiger charge is -2.04. The van der Waals surface area contributed by atoms with Gasteiger partial charge in [0.1, 0.15) is 0 Å². The molecule has 112 valence electrons. The first-order valence-electron chi connectivity index (χ1n) is 7.72. The van der Waals surface area contributed by atoms with Gasteiger partial charge >= 0.3 is 0 Å². The molecule has 3 rings (SSSR count). The SMILES string of the molecule is CCc1cccc2c1sc1c(C/C=C\C=C/N)c(C)ccc12. The molecule has 1 nitrogen and oxygen atoms in total. The zero-order chi connectivity index (χ0) is 15.5. The molecule has 2 N–H and O–H groups in total. The van der Waals surface area contributed by atoms with Crippen LogP contribution in [0.15, 0.2) is 54.8 Å². The van der Waals surface area contributed by atoms with E-state index in [1.165, 1.54) is 36.9 Å². The standard InChI is InChI=1S/C20H21NS/c1-3-15-8-7-10-17-18-12-11-14(2)16(9-5-4-6-13-21)20(18)22-19(15)17/h4-8,10-13H,3,9,21H2,1-2H3/b5-4-,13-6-. The lowest BCUT2D eigenvalue weighted by molar-refractivity contribution is 1.16. The molecule has 3 aromatic rings. The third-order valence-electron chi connectivity index (χ3n) is 4.15. The number of allylic oxidation sites excluding steroid dienone is 3. The number of aryl methyl sites for hydroxylation is 2. The van der Waals surface area contributed by atoms with Crippen LogP contribution in [0.25, 0.3) is 20.2 Å². The summed E-state index contributed by atoms with van der Waals surface area (Å²) in [5.41, 5.74) is 9.62. The van der Waals surface area contributed by atoms with Crippen LogP contribution in [0, 0.1) is 6.92 Å². The van der Waals surface area contributed by atoms with Gasteiger partial charge in [0.15, 0.2) is 0 Å². The molecule has 2 heteroatoms. The Morgan fingerprint density at radius 3 is 2.64 bits per heavy atom. The average molecular weight is 307 g/mol. The Kier molecular flexibility index (Phi) is 4.30. The van der Waals surface area contributed by atoms with Crippen molar-refractivity contribution in [3.05, 3.63) is 71.5 Å². The molecule has 0 saturated heterocycles. The summed E-state index contributed by atoms with van der Waals surface area (Å²) in [6.07, 6.45) is 9.66. The second-order valence-corrected chi connectivity index (χ2v) is 6.52. The van der Waals surface area contributed by atoms with Gasteiger partial charge in [-0.05, 0) is 48.7 Å². The molecule has 0 unspecified atom stereocenters. The van der Waals surface area contributed by atoms with Crippen LogP contribution in [-0.2, 0) is 12.8 Å². The van der Waals surface area contributed by atoms with Gasteiger partial charge in [-0.3, -0.25) is 0 Å². The monoisotopic (exact) mass is 307 g/mol. The second-order valence-electron chi connectivity index (χ2n) is 5.50. The topological polar surface area (TPSA) is 26.0 Å². The highest BCUT2D eigenvalue weighted by Gasteiger charge is 2.12. The fourth-order valence-electron chi connectivity index (χ4n) is 2.94. The normalized spacial score (nSPS) is 12.3. The van der Waals surface area contributed by atoms with Crippen LogP contribution in [0.3, 0.4) is 0 Å². The maximum Gasteiger partial charge on any atom is 0.0393 e. The minimum Gasteiger partial charge on any atom is -0.405 e. The van der Waals surface area contributed by atoms with Crippen molar-refractivity contribution in [1.29, 1.82) is 0 Å². The van der Waals surface area contributed by atoms with Gasteiger partial charge in [0.25, 0.3) is 0 Å². The lowest BCUT2D eigenvalue weighted by Crippen LogP contribution is -1.87. The molecule has 0 aliphatic rings. The lowest BCUT2D eigenvalue weighted by atomic mass is 10.0. The first-order valence-corrected chi connectivity index (χ1v) is 8.54. The molecule has 1 aromatic heterocycles. The van der Waals surface area contributed by atoms with Gasteiger partial charge in [-0.1, -0.05) is 49.4 Å². The van der Waals surface area contributed by atoms with E-state index in [-0.39, 0.29) is 0 Å². The van der Waals surface area contributed by atoms with E-state index in [9.17, 15) is 0 Å². The molecule has 0 radical (unpaired) electrons. The quantitative estimate of drug-likeness (QED) is 0.633. The molecule has 1 heterocycles. The van der Waals surface area contributed by atoms with E-state index < -0.39 is 0 Å². The summed E-state index contributed by atoms with van der Waals surface area (Å²) in [7, 11) is 0. The molecular weight excluding hydrogens is 286 g/mol. The van der Waals surface area contributed by atoms with Gasteiger partial charge < -0.3 is 5.73 Å². The zero-order valence-corrected chi connectivity index (χ0v) is 13.9. The van der Waals surface area contributed by atoms with Crippen LogP contribution in [0.5, 0.6) is 0 Å². The van der Waals surface area contributed by atoms with Crippen LogP contribution in [0.1, 0.15) is 23.6 Å². The van der Waals surface area contributed by atoms with E-state index in [0.29, 0.717) is 0 Å². The summed E-state index contributed by atoms with van der Waals surface area (Å²) >= 11 is 1.94. The average Bonchev–Trinajstić information content (AvgIpc) is 2.91. The predicted molar refractivity (Wildman–Crippen MR) is 99.6 cm³/mol. The number of rotatable bonds is 4. The van der Waals surface area contributed by atoms with Crippen molar-refractivity contribution in [3.8, 4) is 0 Å². The Balaban J connectivity index is 2.21. The molecule has 0 aliphatic heterocycles. The van der Waals surface area contributed by atoms with Crippen LogP contribution in [0.2, 0.25) is 0 Å². The fourth-order valence-corrected chi connectivity index (χ4v) is 4.43. The minimum atomic E-state index is 0.946. The highest BCUT2D eigenvalue weighted by molar-refractivity contribution is 7.26. The molecule has 0 aliphatic carbocycles. The molecular formula is C20H21NS. The predicted octanol–water partition coefficient (Wildman–Crippen LogP) is 5.50. The molecule has 0 atom stereocenters. The Morgan fingerprint density at radius 2 is 1.86 bits per heavy atom. The summed E-state index contributed by atoms with van der Waals surface area (Å²) in [5, 5.41) is 2.78. The van der Waals surface area contributed by atoms with Crippen molar-refractivity contribution in [3.63, 3.8) is 0 Å². The van der Waals surface area contributed by atoms with Gasteiger partial charge in [0.05, 0.1) is 0 Å². The number of hydrogen-bond donors (Lipinski definition) is 1. The maximum atomic E-state index is 5.38. The maximum absolute atomic E-state index is 5.38. The summed E-state index contributed by atoms with van der Waals surface area (Å²) in [4.78, 5) is 0. The zero-order valence-electron chi connectivity index (χ0n) is 13.1. The van der Waals surface area contributed by atoms with Crippen molar-refractivity contribution in [2.24, 2.45) is 5.73 Å². The Hall–Kier alpha value is -2.06. The van der Waals surface area contributed by atoms with Crippen molar-refractivity contribution in [2.75, 3.05) is 0 Å². The second kappa shape index (κ2) is 6.37. The van der Waals surface area contributed by atoms with Crippen molar-refractivity contribution >= 4 is 31.5 Å². The van der Waals surface area contributed by atoms with Crippen LogP contribution in [-0.4, -0.2) is 0 Å². The van der Waals surface area contributed by atoms with E-state index in [0.717, 1.165) is 12.8 Å². The van der Waals surface area contributed by atoms with Gasteiger partial charge in [0, 0.05) is 20.2 Å². The van der Waals surface area contributed by atoms with E-state index in [1.54, 1.807) is 6.20 Å². The summed E-state index contributed by atoms with van der Waals surface area (Å²) in [5.74, 6) is 0. The van der Waals surface area contributed by atoms with E-state index in [2.05, 4.69) is 50.3 Å². The highest BCUT2D eigenvalue weighted by atomic mass is 32.1. The smallest absolute Gasteiger partial charge is 0.0393 e. The summed E-state index contributed by atoms with van der Waals surface area (Å²) < 4.78 is 2.87. The third kappa shape index (κ3) is 2.55. The van der Waals surface area contributed by atoms with Crippen LogP contribution >= 0.6 is 11.3 Å². The minimum absolute atomic E-state index is 0.946. The third-order valence-corrected chi connectivity index (χ3v) is 5.50. The number of fused-ring (bicyclic) bond motifs is 3. The summed E-state index contributed by atoms with van der Waals surface area (Å²) in [6.45, 7) is 4.43. The highest BCUT2D eigenvalue weighted by Crippen LogP contribution is 2.39. The van der Waals surface area contributed by atoms with E-state index in [4.69, 9.17) is 5.73 Å². The molecule has 0 fully saturated rings. The van der Waals surface area contributed by atoms with Gasteiger partial charge in [-0.15, -0.1) is 11.3 Å². The van der Waals surface area contributed by atoms with Crippen molar-refractivity contribution in [1.82, 2.24) is 0 Å². The number of thiophene rings is 1. The Bertz CT molecular complexity index is 868. The van der Waals surface area contributed by atoms with Gasteiger partial charge in [-0.2, -0.15) is 0 Å². The molecule has 22 heavy (non-hydrogen) atoms. The molecule has 0 spiro atoms. The summed E-state index contributed by atoms with van der Waals surface area (Å²) in [6, 6.07) is 11.2. The number of hydrogen-bond acceptors (Lipinski definition) is 2. The molecule has 0 amide bonds. The number of benzene rings is 2. The first-order chi connectivity index (χ1) is 10.8. The number of nitrogens with two attached hydrogens (primary N) is 1. The molecule has 0 saturated carbocycles. The van der Waals surface area contributed by atoms with E-state index in [1.807, 2.05) is 23.5 Å². The van der Waals surface area contributed by atoms with Gasteiger partial charge in [-0.25, -0.2) is 0 Å². The molecule has 2 aromatic carbocycles. The van der Waals surface area contributed by atoms with Crippen molar-refractivity contribution < 1.29 is 0 Å². The van der Waals surface area contributed by atoms with E-state index >= 15 is 0 Å². The van der Waals surface area contributed by atoms with Crippen LogP contribution in [0.4, 0.5) is 0 Å². The Morgan fingerprint density at radius 1 is 1.05 bits per heavy atom. The fraction of sp³-hybridized carbons (Fsp3) is 0.200. The Labute approximate surface area is 135 Å². The largest absolute Gasteiger partial charge is 0.405 e. The molecule has 0 bridgehead atoms. The van der Waals surface area contributed by atoms with Crippen molar-refractivity contribution in [2.45, 2.75) is 26.7 Å². The van der Waals surface area contributed by atoms with Gasteiger partial charge in [0.2, 0.25) is 0 Å². The van der Waals surface area contributed by atoms with Crippen LogP contribution < -0.4 is 5.73 Å².